The van der Waals surface area contributed by atoms with Crippen molar-refractivity contribution in [3.8, 4) is 5.69 Å². The Hall–Kier alpha value is -2.48. The predicted octanol–water partition coefficient (Wildman–Crippen LogP) is 1.99. The molecule has 1 aromatic heterocycles. The minimum atomic E-state index is -0.285. The van der Waals surface area contributed by atoms with Gasteiger partial charge in [0.25, 0.3) is 0 Å². The van der Waals surface area contributed by atoms with Gasteiger partial charge in [0.05, 0.1) is 18.4 Å². The van der Waals surface area contributed by atoms with Crippen molar-refractivity contribution in [1.29, 1.82) is 0 Å². The van der Waals surface area contributed by atoms with Crippen LogP contribution in [-0.2, 0) is 0 Å². The summed E-state index contributed by atoms with van der Waals surface area (Å²) in [5, 5.41) is 13.2. The van der Waals surface area contributed by atoms with Crippen molar-refractivity contribution in [1.82, 2.24) is 20.4 Å². The molecule has 2 heterocycles. The van der Waals surface area contributed by atoms with Crippen LogP contribution in [0, 0.1) is 5.82 Å². The molecule has 0 bridgehead atoms. The lowest BCUT2D eigenvalue weighted by Gasteiger charge is -2.12. The molecule has 0 unspecified atom stereocenters. The van der Waals surface area contributed by atoms with Gasteiger partial charge in [0.15, 0.2) is 5.17 Å². The maximum Gasteiger partial charge on any atom is 0.177 e. The summed E-state index contributed by atoms with van der Waals surface area (Å²) in [5.74, 6) is 0.373. The molecule has 0 saturated carbocycles. The Morgan fingerprint density at radius 1 is 1.41 bits per heavy atom. The molecular formula is C14H13FN6S. The van der Waals surface area contributed by atoms with Crippen LogP contribution < -0.4 is 5.43 Å². The van der Waals surface area contributed by atoms with E-state index >= 15 is 0 Å². The average molecular weight is 316 g/mol. The van der Waals surface area contributed by atoms with Gasteiger partial charge in [-0.3, -0.25) is 10.4 Å². The summed E-state index contributed by atoms with van der Waals surface area (Å²) < 4.78 is 14.5. The SMILES string of the molecule is C=CCN=C1NN=C(c2cn(-c3ccc(F)cc3)nn2)CS1. The number of nitrogens with one attached hydrogen (secondary N) is 1. The fourth-order valence-electron chi connectivity index (χ4n) is 1.79. The van der Waals surface area contributed by atoms with Gasteiger partial charge >= 0.3 is 0 Å². The third kappa shape index (κ3) is 3.22. The first kappa shape index (κ1) is 14.5. The molecule has 6 nitrogen and oxygen atoms in total. The number of rotatable bonds is 4. The van der Waals surface area contributed by atoms with E-state index in [0.717, 1.165) is 16.6 Å². The van der Waals surface area contributed by atoms with Gasteiger partial charge in [0.2, 0.25) is 0 Å². The largest absolute Gasteiger partial charge is 0.257 e. The van der Waals surface area contributed by atoms with Gasteiger partial charge in [-0.1, -0.05) is 23.1 Å². The smallest absolute Gasteiger partial charge is 0.177 e. The second-order valence-corrected chi connectivity index (χ2v) is 5.38. The van der Waals surface area contributed by atoms with Gasteiger partial charge in [0, 0.05) is 5.75 Å². The van der Waals surface area contributed by atoms with Crippen molar-refractivity contribution in [3.63, 3.8) is 0 Å². The Labute approximate surface area is 130 Å². The molecule has 22 heavy (non-hydrogen) atoms. The van der Waals surface area contributed by atoms with Crippen LogP contribution in [0.1, 0.15) is 5.69 Å². The highest BCUT2D eigenvalue weighted by Crippen LogP contribution is 2.13. The minimum Gasteiger partial charge on any atom is -0.257 e. The van der Waals surface area contributed by atoms with Crippen molar-refractivity contribution in [2.24, 2.45) is 10.1 Å². The predicted molar refractivity (Wildman–Crippen MR) is 85.9 cm³/mol. The Bertz CT molecular complexity index is 734. The van der Waals surface area contributed by atoms with E-state index in [1.807, 2.05) is 0 Å². The molecule has 1 aliphatic rings. The normalized spacial score (nSPS) is 16.2. The molecule has 0 saturated heterocycles. The molecule has 1 aromatic carbocycles. The van der Waals surface area contributed by atoms with Crippen LogP contribution in [0.3, 0.4) is 0 Å². The fraction of sp³-hybridized carbons (Fsp3) is 0.143. The number of hydrogen-bond donors (Lipinski definition) is 1. The van der Waals surface area contributed by atoms with E-state index in [2.05, 4.69) is 32.4 Å². The number of thioether (sulfide) groups is 1. The zero-order valence-corrected chi connectivity index (χ0v) is 12.4. The summed E-state index contributed by atoms with van der Waals surface area (Å²) in [6.07, 6.45) is 3.49. The highest BCUT2D eigenvalue weighted by molar-refractivity contribution is 8.14. The number of benzene rings is 1. The van der Waals surface area contributed by atoms with Crippen LogP contribution in [0.4, 0.5) is 4.39 Å². The first-order valence-corrected chi connectivity index (χ1v) is 7.54. The molecule has 1 N–H and O–H groups in total. The number of halogens is 1. The maximum atomic E-state index is 12.9. The van der Waals surface area contributed by atoms with Gasteiger partial charge in [-0.05, 0) is 24.3 Å². The summed E-state index contributed by atoms with van der Waals surface area (Å²) in [6.45, 7) is 4.18. The van der Waals surface area contributed by atoms with Crippen molar-refractivity contribution < 1.29 is 4.39 Å². The van der Waals surface area contributed by atoms with Crippen LogP contribution in [0.25, 0.3) is 5.69 Å². The summed E-state index contributed by atoms with van der Waals surface area (Å²) in [4.78, 5) is 4.26. The quantitative estimate of drug-likeness (QED) is 0.876. The zero-order chi connectivity index (χ0) is 15.4. The molecule has 0 aliphatic carbocycles. The van der Waals surface area contributed by atoms with Crippen molar-refractivity contribution in [2.75, 3.05) is 12.3 Å². The van der Waals surface area contributed by atoms with Gasteiger partial charge in [-0.15, -0.1) is 11.7 Å². The molecule has 0 fully saturated rings. The topological polar surface area (TPSA) is 67.5 Å². The number of nitrogens with zero attached hydrogens (tertiary/aromatic N) is 5. The van der Waals surface area contributed by atoms with E-state index in [-0.39, 0.29) is 5.82 Å². The van der Waals surface area contributed by atoms with Gasteiger partial charge in [-0.2, -0.15) is 5.10 Å². The van der Waals surface area contributed by atoms with Gasteiger partial charge < -0.3 is 0 Å². The number of aromatic nitrogens is 3. The summed E-state index contributed by atoms with van der Waals surface area (Å²) in [6, 6.07) is 6.05. The standard InChI is InChI=1S/C14H13FN6S/c1-2-7-16-14-19-17-13(9-22-14)12-8-21(20-18-12)11-5-3-10(15)4-6-11/h2-6,8H,1,7,9H2,(H,16,19). The molecule has 3 rings (SSSR count). The Morgan fingerprint density at radius 2 is 2.23 bits per heavy atom. The Morgan fingerprint density at radius 3 is 2.91 bits per heavy atom. The van der Waals surface area contributed by atoms with Crippen LogP contribution in [-0.4, -0.2) is 38.2 Å². The number of hydrogen-bond acceptors (Lipinski definition) is 5. The van der Waals surface area contributed by atoms with Gasteiger partial charge in [-0.25, -0.2) is 9.07 Å². The molecule has 0 amide bonds. The number of aliphatic imine (C=N–C) groups is 1. The van der Waals surface area contributed by atoms with Crippen LogP contribution >= 0.6 is 11.8 Å². The molecule has 1 aliphatic heterocycles. The average Bonchev–Trinajstić information content (AvgIpc) is 3.04. The van der Waals surface area contributed by atoms with Crippen LogP contribution in [0.15, 0.2) is 53.2 Å². The maximum absolute atomic E-state index is 12.9. The lowest BCUT2D eigenvalue weighted by atomic mass is 10.3. The molecule has 0 spiro atoms. The van der Waals surface area contributed by atoms with E-state index in [0.29, 0.717) is 18.0 Å². The third-order valence-corrected chi connectivity index (χ3v) is 3.79. The fourth-order valence-corrected chi connectivity index (χ4v) is 2.55. The van der Waals surface area contributed by atoms with E-state index in [4.69, 9.17) is 0 Å². The molecule has 112 valence electrons. The zero-order valence-electron chi connectivity index (χ0n) is 11.6. The summed E-state index contributed by atoms with van der Waals surface area (Å²) in [7, 11) is 0. The van der Waals surface area contributed by atoms with Crippen LogP contribution in [0.2, 0.25) is 0 Å². The van der Waals surface area contributed by atoms with Crippen LogP contribution in [0.5, 0.6) is 0 Å². The summed E-state index contributed by atoms with van der Waals surface area (Å²) >= 11 is 1.55. The van der Waals surface area contributed by atoms with E-state index in [1.54, 1.807) is 40.8 Å². The first-order valence-electron chi connectivity index (χ1n) is 6.55. The molecule has 0 atom stereocenters. The molecule has 0 radical (unpaired) electrons. The first-order chi connectivity index (χ1) is 10.8. The Kier molecular flexibility index (Phi) is 4.29. The molecule has 8 heteroatoms. The third-order valence-electron chi connectivity index (χ3n) is 2.88. The lowest BCUT2D eigenvalue weighted by molar-refractivity contribution is 0.626. The van der Waals surface area contributed by atoms with E-state index < -0.39 is 0 Å². The Balaban J connectivity index is 1.76. The highest BCUT2D eigenvalue weighted by atomic mass is 32.2. The number of amidine groups is 1. The van der Waals surface area contributed by atoms with Crippen molar-refractivity contribution in [3.05, 3.63) is 54.6 Å². The highest BCUT2D eigenvalue weighted by Gasteiger charge is 2.16. The molecular weight excluding hydrogens is 303 g/mol. The van der Waals surface area contributed by atoms with Gasteiger partial charge in [0.1, 0.15) is 17.2 Å². The number of hydrazone groups is 1. The van der Waals surface area contributed by atoms with E-state index in [1.165, 1.54) is 12.1 Å². The van der Waals surface area contributed by atoms with Crippen molar-refractivity contribution >= 4 is 22.6 Å². The lowest BCUT2D eigenvalue weighted by Crippen LogP contribution is -2.25. The minimum absolute atomic E-state index is 0.285. The van der Waals surface area contributed by atoms with Crippen molar-refractivity contribution in [2.45, 2.75) is 0 Å². The summed E-state index contributed by atoms with van der Waals surface area (Å²) in [5.41, 5.74) is 5.09. The molecule has 2 aromatic rings. The second-order valence-electron chi connectivity index (χ2n) is 4.42. The second kappa shape index (κ2) is 6.52. The monoisotopic (exact) mass is 316 g/mol. The van der Waals surface area contributed by atoms with E-state index in [9.17, 15) is 4.39 Å².